The number of carbonyl (C=O) groups excluding carboxylic acids is 1. The highest BCUT2D eigenvalue weighted by Gasteiger charge is 2.32. The van der Waals surface area contributed by atoms with Crippen molar-refractivity contribution in [3.63, 3.8) is 0 Å². The van der Waals surface area contributed by atoms with Crippen molar-refractivity contribution < 1.29 is 9.18 Å². The average molecular weight is 212 g/mol. The van der Waals surface area contributed by atoms with Gasteiger partial charge in [0.15, 0.2) is 0 Å². The molecule has 0 bridgehead atoms. The number of hydrogen-bond acceptors (Lipinski definition) is 2. The Morgan fingerprint density at radius 2 is 2.40 bits per heavy atom. The molecule has 1 atom stereocenters. The van der Waals surface area contributed by atoms with E-state index in [1.165, 1.54) is 0 Å². The van der Waals surface area contributed by atoms with Crippen molar-refractivity contribution in [1.29, 1.82) is 5.26 Å². The summed E-state index contributed by atoms with van der Waals surface area (Å²) in [5.74, 6) is -0.0196. The van der Waals surface area contributed by atoms with E-state index in [1.54, 1.807) is 11.8 Å². The molecule has 0 unspecified atom stereocenters. The molecule has 4 heteroatoms. The van der Waals surface area contributed by atoms with Gasteiger partial charge in [0.2, 0.25) is 5.91 Å². The van der Waals surface area contributed by atoms with Crippen molar-refractivity contribution in [2.45, 2.75) is 44.7 Å². The third-order valence-electron chi connectivity index (χ3n) is 2.68. The summed E-state index contributed by atoms with van der Waals surface area (Å²) in [6, 6.07) is 2.00. The summed E-state index contributed by atoms with van der Waals surface area (Å²) < 4.78 is 13.6. The highest BCUT2D eigenvalue weighted by Crippen LogP contribution is 2.24. The summed E-state index contributed by atoms with van der Waals surface area (Å²) in [4.78, 5) is 13.2. The van der Waals surface area contributed by atoms with Gasteiger partial charge in [-0.1, -0.05) is 0 Å². The number of carbonyl (C=O) groups is 1. The van der Waals surface area contributed by atoms with Crippen molar-refractivity contribution in [3.05, 3.63) is 0 Å². The van der Waals surface area contributed by atoms with Crippen molar-refractivity contribution in [1.82, 2.24) is 4.90 Å². The lowest BCUT2D eigenvalue weighted by molar-refractivity contribution is -0.135. The summed E-state index contributed by atoms with van der Waals surface area (Å²) >= 11 is 0. The van der Waals surface area contributed by atoms with Crippen LogP contribution in [0.2, 0.25) is 0 Å². The molecule has 1 aliphatic heterocycles. The Morgan fingerprint density at radius 3 is 3.00 bits per heavy atom. The Morgan fingerprint density at radius 1 is 1.67 bits per heavy atom. The zero-order valence-electron chi connectivity index (χ0n) is 9.13. The van der Waals surface area contributed by atoms with E-state index in [-0.39, 0.29) is 12.5 Å². The molecule has 0 aliphatic carbocycles. The number of nitriles is 1. The van der Waals surface area contributed by atoms with E-state index < -0.39 is 5.67 Å². The maximum atomic E-state index is 13.6. The number of alkyl halides is 1. The van der Waals surface area contributed by atoms with E-state index in [9.17, 15) is 9.18 Å². The van der Waals surface area contributed by atoms with Crippen molar-refractivity contribution in [2.24, 2.45) is 0 Å². The summed E-state index contributed by atoms with van der Waals surface area (Å²) in [7, 11) is 0. The minimum atomic E-state index is -1.23. The summed E-state index contributed by atoms with van der Waals surface area (Å²) in [6.07, 6.45) is 2.61. The molecule has 0 saturated carbocycles. The van der Waals surface area contributed by atoms with Crippen LogP contribution in [0.3, 0.4) is 0 Å². The van der Waals surface area contributed by atoms with Crippen LogP contribution in [0, 0.1) is 11.3 Å². The van der Waals surface area contributed by atoms with Gasteiger partial charge in [-0.05, 0) is 26.2 Å². The summed E-state index contributed by atoms with van der Waals surface area (Å²) in [6.45, 7) is 2.41. The molecule has 1 fully saturated rings. The smallest absolute Gasteiger partial charge is 0.222 e. The number of unbranched alkanes of at least 4 members (excludes halogenated alkanes) is 1. The van der Waals surface area contributed by atoms with Crippen LogP contribution in [0.25, 0.3) is 0 Å². The highest BCUT2D eigenvalue weighted by molar-refractivity contribution is 5.76. The first-order valence-corrected chi connectivity index (χ1v) is 5.39. The molecule has 0 N–H and O–H groups in total. The Kier molecular flexibility index (Phi) is 4.07. The Hall–Kier alpha value is -1.11. The highest BCUT2D eigenvalue weighted by atomic mass is 19.1. The minimum Gasteiger partial charge on any atom is -0.340 e. The SMILES string of the molecule is C[C@]1(F)CCCN(C(=O)CCCC#N)C1. The van der Waals surface area contributed by atoms with Gasteiger partial charge in [0.1, 0.15) is 5.67 Å². The molecule has 15 heavy (non-hydrogen) atoms. The summed E-state index contributed by atoms with van der Waals surface area (Å²) in [5.41, 5.74) is -1.23. The molecule has 1 heterocycles. The van der Waals surface area contributed by atoms with Gasteiger partial charge in [0.25, 0.3) is 0 Å². The first kappa shape index (κ1) is 12.0. The quantitative estimate of drug-likeness (QED) is 0.672. The molecule has 0 aromatic carbocycles. The predicted molar refractivity (Wildman–Crippen MR) is 54.8 cm³/mol. The van der Waals surface area contributed by atoms with Crippen LogP contribution in [0.15, 0.2) is 0 Å². The molecule has 0 spiro atoms. The van der Waals surface area contributed by atoms with Crippen LogP contribution >= 0.6 is 0 Å². The zero-order valence-corrected chi connectivity index (χ0v) is 9.13. The second-order valence-electron chi connectivity index (χ2n) is 4.34. The van der Waals surface area contributed by atoms with E-state index >= 15 is 0 Å². The number of piperidine rings is 1. The van der Waals surface area contributed by atoms with E-state index in [0.29, 0.717) is 32.2 Å². The van der Waals surface area contributed by atoms with Gasteiger partial charge >= 0.3 is 0 Å². The number of amides is 1. The van der Waals surface area contributed by atoms with Crippen LogP contribution in [-0.2, 0) is 4.79 Å². The summed E-state index contributed by atoms with van der Waals surface area (Å²) in [5, 5.41) is 8.34. The standard InChI is InChI=1S/C11H17FN2O/c1-11(12)6-4-8-14(9-11)10(15)5-2-3-7-13/h2-6,8-9H2,1H3/t11-/m0/s1. The van der Waals surface area contributed by atoms with Gasteiger partial charge in [0.05, 0.1) is 12.6 Å². The van der Waals surface area contributed by atoms with E-state index in [1.807, 2.05) is 6.07 Å². The molecule has 3 nitrogen and oxygen atoms in total. The number of halogens is 1. The molecule has 1 amide bonds. The second kappa shape index (κ2) is 5.11. The average Bonchev–Trinajstić information content (AvgIpc) is 2.16. The van der Waals surface area contributed by atoms with Gasteiger partial charge in [-0.2, -0.15) is 5.26 Å². The lowest BCUT2D eigenvalue weighted by Gasteiger charge is -2.35. The number of hydrogen-bond donors (Lipinski definition) is 0. The number of likely N-dealkylation sites (tertiary alicyclic amines) is 1. The van der Waals surface area contributed by atoms with Crippen LogP contribution in [-0.4, -0.2) is 29.6 Å². The Balaban J connectivity index is 2.36. The molecule has 0 radical (unpaired) electrons. The van der Waals surface area contributed by atoms with E-state index in [4.69, 9.17) is 5.26 Å². The van der Waals surface area contributed by atoms with Crippen molar-refractivity contribution in [2.75, 3.05) is 13.1 Å². The normalized spacial score (nSPS) is 26.1. The topological polar surface area (TPSA) is 44.1 Å². The molecular weight excluding hydrogens is 195 g/mol. The van der Waals surface area contributed by atoms with Crippen molar-refractivity contribution in [3.8, 4) is 6.07 Å². The maximum absolute atomic E-state index is 13.6. The molecule has 1 aliphatic rings. The molecule has 1 rings (SSSR count). The molecular formula is C11H17FN2O. The van der Waals surface area contributed by atoms with Crippen molar-refractivity contribution >= 4 is 5.91 Å². The van der Waals surface area contributed by atoms with Gasteiger partial charge < -0.3 is 4.90 Å². The number of rotatable bonds is 3. The minimum absolute atomic E-state index is 0.0196. The molecule has 84 valence electrons. The van der Waals surface area contributed by atoms with Gasteiger partial charge in [0, 0.05) is 19.4 Å². The van der Waals surface area contributed by atoms with Gasteiger partial charge in [-0.25, -0.2) is 4.39 Å². The van der Waals surface area contributed by atoms with E-state index in [0.717, 1.165) is 6.42 Å². The van der Waals surface area contributed by atoms with Crippen LogP contribution in [0.1, 0.15) is 39.0 Å². The fourth-order valence-corrected chi connectivity index (χ4v) is 1.88. The maximum Gasteiger partial charge on any atom is 0.222 e. The first-order chi connectivity index (χ1) is 7.05. The zero-order chi connectivity index (χ0) is 11.3. The molecule has 0 aromatic rings. The Bertz CT molecular complexity index is 270. The lowest BCUT2D eigenvalue weighted by Crippen LogP contribution is -2.46. The number of nitrogens with zero attached hydrogens (tertiary/aromatic N) is 2. The van der Waals surface area contributed by atoms with Crippen LogP contribution in [0.4, 0.5) is 4.39 Å². The fourth-order valence-electron chi connectivity index (χ4n) is 1.88. The third kappa shape index (κ3) is 3.86. The monoisotopic (exact) mass is 212 g/mol. The van der Waals surface area contributed by atoms with E-state index in [2.05, 4.69) is 0 Å². The van der Waals surface area contributed by atoms with Gasteiger partial charge in [-0.15, -0.1) is 0 Å². The third-order valence-corrected chi connectivity index (χ3v) is 2.68. The molecule has 0 aromatic heterocycles. The Labute approximate surface area is 89.9 Å². The largest absolute Gasteiger partial charge is 0.340 e. The fraction of sp³-hybridized carbons (Fsp3) is 0.818. The van der Waals surface area contributed by atoms with Crippen LogP contribution in [0.5, 0.6) is 0 Å². The van der Waals surface area contributed by atoms with Crippen LogP contribution < -0.4 is 0 Å². The van der Waals surface area contributed by atoms with Gasteiger partial charge in [-0.3, -0.25) is 4.79 Å². The lowest BCUT2D eigenvalue weighted by atomic mass is 9.96. The first-order valence-electron chi connectivity index (χ1n) is 5.39. The second-order valence-corrected chi connectivity index (χ2v) is 4.34. The molecule has 1 saturated heterocycles. The predicted octanol–water partition coefficient (Wildman–Crippen LogP) is 2.03.